The molecule has 0 bridgehead atoms. The molecule has 0 unspecified atom stereocenters. The molecule has 0 radical (unpaired) electrons. The number of carbonyl (C=O) groups excluding carboxylic acids is 1. The molecule has 0 aliphatic heterocycles. The van der Waals surface area contributed by atoms with Crippen LogP contribution < -0.4 is 20.1 Å². The molecule has 0 saturated heterocycles. The van der Waals surface area contributed by atoms with Crippen molar-refractivity contribution in [3.8, 4) is 17.5 Å². The number of rotatable bonds is 10. The topological polar surface area (TPSA) is 97.6 Å². The van der Waals surface area contributed by atoms with Crippen molar-refractivity contribution < 1.29 is 32.5 Å². The molecule has 1 amide bonds. The molecule has 1 aromatic heterocycles. The van der Waals surface area contributed by atoms with Gasteiger partial charge in [0.1, 0.15) is 11.5 Å². The maximum Gasteiger partial charge on any atom is 0.573 e. The lowest BCUT2D eigenvalue weighted by Gasteiger charge is -2.14. The van der Waals surface area contributed by atoms with E-state index in [1.165, 1.54) is 16.7 Å². The Morgan fingerprint density at radius 3 is 2.53 bits per heavy atom. The molecule has 0 fully saturated rings. The van der Waals surface area contributed by atoms with Gasteiger partial charge >= 0.3 is 12.4 Å². The third-order valence-electron chi connectivity index (χ3n) is 4.51. The van der Waals surface area contributed by atoms with Crippen molar-refractivity contribution in [2.45, 2.75) is 19.3 Å². The number of imidazole rings is 1. The first-order valence-electron chi connectivity index (χ1n) is 10.2. The highest BCUT2D eigenvalue weighted by Gasteiger charge is 2.31. The van der Waals surface area contributed by atoms with Crippen LogP contribution in [0.1, 0.15) is 22.5 Å². The van der Waals surface area contributed by atoms with Crippen molar-refractivity contribution >= 4 is 23.3 Å². The van der Waals surface area contributed by atoms with Gasteiger partial charge in [0.15, 0.2) is 11.5 Å². The monoisotopic (exact) mass is 498 g/mol. The van der Waals surface area contributed by atoms with Gasteiger partial charge in [-0.1, -0.05) is 29.8 Å². The zero-order chi connectivity index (χ0) is 24.7. The summed E-state index contributed by atoms with van der Waals surface area (Å²) < 4.78 is 49.0. The van der Waals surface area contributed by atoms with Gasteiger partial charge in [-0.25, -0.2) is 0 Å². The molecule has 34 heavy (non-hydrogen) atoms. The van der Waals surface area contributed by atoms with Gasteiger partial charge in [-0.15, -0.1) is 13.2 Å². The normalized spacial score (nSPS) is 11.2. The molecule has 1 heterocycles. The molecule has 3 N–H and O–H groups in total. The highest BCUT2D eigenvalue weighted by molar-refractivity contribution is 6.30. The first-order valence-corrected chi connectivity index (χ1v) is 10.5. The van der Waals surface area contributed by atoms with Crippen molar-refractivity contribution in [1.29, 1.82) is 0 Å². The number of aliphatic hydroxyl groups is 1. The number of benzene rings is 2. The maximum atomic E-state index is 12.9. The van der Waals surface area contributed by atoms with Gasteiger partial charge in [0.2, 0.25) is 0 Å². The van der Waals surface area contributed by atoms with Crippen LogP contribution in [0.15, 0.2) is 48.5 Å². The number of amides is 1. The largest absolute Gasteiger partial charge is 0.573 e. The molecule has 12 heteroatoms. The second-order valence-electron chi connectivity index (χ2n) is 7.01. The lowest BCUT2D eigenvalue weighted by molar-refractivity contribution is -0.274. The van der Waals surface area contributed by atoms with E-state index < -0.39 is 18.0 Å². The van der Waals surface area contributed by atoms with E-state index in [4.69, 9.17) is 21.4 Å². The number of aromatic nitrogens is 2. The average Bonchev–Trinajstić information content (AvgIpc) is 3.11. The van der Waals surface area contributed by atoms with Gasteiger partial charge in [-0.3, -0.25) is 9.36 Å². The molecule has 2 aromatic carbocycles. The van der Waals surface area contributed by atoms with Gasteiger partial charge in [0.25, 0.3) is 5.91 Å². The Balaban J connectivity index is 1.99. The van der Waals surface area contributed by atoms with Crippen molar-refractivity contribution in [3.63, 3.8) is 0 Å². The van der Waals surface area contributed by atoms with Gasteiger partial charge < -0.3 is 25.2 Å². The summed E-state index contributed by atoms with van der Waals surface area (Å²) in [4.78, 5) is 17.2. The molecule has 3 aromatic rings. The summed E-state index contributed by atoms with van der Waals surface area (Å²) in [6, 6.07) is 11.8. The molecule has 3 rings (SSSR count). The second kappa shape index (κ2) is 11.1. The highest BCUT2D eigenvalue weighted by atomic mass is 35.5. The van der Waals surface area contributed by atoms with E-state index in [0.29, 0.717) is 11.4 Å². The van der Waals surface area contributed by atoms with Crippen molar-refractivity contribution in [1.82, 2.24) is 14.9 Å². The highest BCUT2D eigenvalue weighted by Crippen LogP contribution is 2.31. The fourth-order valence-corrected chi connectivity index (χ4v) is 3.16. The molecule has 182 valence electrons. The zero-order valence-electron chi connectivity index (χ0n) is 18.0. The van der Waals surface area contributed by atoms with Crippen LogP contribution in [0, 0.1) is 0 Å². The van der Waals surface area contributed by atoms with E-state index in [9.17, 15) is 18.0 Å². The maximum absolute atomic E-state index is 12.9. The van der Waals surface area contributed by atoms with E-state index in [1.807, 2.05) is 0 Å². The molecule has 0 aliphatic rings. The smallest absolute Gasteiger partial charge is 0.425 e. The standard InChI is InChI=1S/C22H22ClF3N4O4/c1-27-19-18(20(32)28-10-3-11-31)30(13-14-6-8-15(23)9-7-14)21(29-19)33-16-4-2-5-17(12-16)34-22(24,25)26/h2,4-9,12,27,31H,3,10-11,13H2,1H3,(H,28,32). The van der Waals surface area contributed by atoms with Crippen molar-refractivity contribution in [2.24, 2.45) is 0 Å². The molecule has 0 spiro atoms. The Morgan fingerprint density at radius 1 is 1.18 bits per heavy atom. The van der Waals surface area contributed by atoms with Gasteiger partial charge in [-0.05, 0) is 36.2 Å². The van der Waals surface area contributed by atoms with Crippen LogP contribution in [0.5, 0.6) is 17.5 Å². The summed E-state index contributed by atoms with van der Waals surface area (Å²) in [5, 5.41) is 15.1. The quantitative estimate of drug-likeness (QED) is 0.358. The van der Waals surface area contributed by atoms with Crippen LogP contribution in [-0.4, -0.2) is 47.1 Å². The van der Waals surface area contributed by atoms with Crippen LogP contribution >= 0.6 is 11.6 Å². The van der Waals surface area contributed by atoms with E-state index in [1.54, 1.807) is 31.3 Å². The van der Waals surface area contributed by atoms with E-state index in [2.05, 4.69) is 20.4 Å². The summed E-state index contributed by atoms with van der Waals surface area (Å²) in [5.41, 5.74) is 0.918. The minimum absolute atomic E-state index is 0.0268. The summed E-state index contributed by atoms with van der Waals surface area (Å²) in [6.45, 7) is 0.300. The van der Waals surface area contributed by atoms with Crippen LogP contribution in [-0.2, 0) is 6.54 Å². The number of hydrogen-bond donors (Lipinski definition) is 3. The molecular formula is C22H22ClF3N4O4. The van der Waals surface area contributed by atoms with E-state index in [-0.39, 0.29) is 43.0 Å². The van der Waals surface area contributed by atoms with E-state index in [0.717, 1.165) is 17.7 Å². The molecule has 0 aliphatic carbocycles. The summed E-state index contributed by atoms with van der Waals surface area (Å²) >= 11 is 5.96. The number of ether oxygens (including phenoxy) is 2. The number of nitrogens with one attached hydrogen (secondary N) is 2. The fourth-order valence-electron chi connectivity index (χ4n) is 3.04. The number of alkyl halides is 3. The van der Waals surface area contributed by atoms with Crippen molar-refractivity contribution in [3.05, 3.63) is 64.8 Å². The first kappa shape index (κ1) is 25.2. The lowest BCUT2D eigenvalue weighted by atomic mass is 10.2. The van der Waals surface area contributed by atoms with Crippen LogP contribution in [0.2, 0.25) is 5.02 Å². The SMILES string of the molecule is CNc1nc(Oc2cccc(OC(F)(F)F)c2)n(Cc2ccc(Cl)cc2)c1C(=O)NCCCO. The number of anilines is 1. The fraction of sp³-hybridized carbons (Fsp3) is 0.273. The van der Waals surface area contributed by atoms with E-state index >= 15 is 0 Å². The number of aliphatic hydroxyl groups excluding tert-OH is 1. The Labute approximate surface area is 198 Å². The number of hydrogen-bond acceptors (Lipinski definition) is 6. The minimum atomic E-state index is -4.86. The zero-order valence-corrected chi connectivity index (χ0v) is 18.8. The van der Waals surface area contributed by atoms with Gasteiger partial charge in [0, 0.05) is 31.3 Å². The number of carbonyl (C=O) groups is 1. The van der Waals surface area contributed by atoms with Crippen LogP contribution in [0.25, 0.3) is 0 Å². The summed E-state index contributed by atoms with van der Waals surface area (Å²) in [5.74, 6) is -0.702. The number of halogens is 4. The average molecular weight is 499 g/mol. The Hall–Kier alpha value is -3.44. The third-order valence-corrected chi connectivity index (χ3v) is 4.76. The van der Waals surface area contributed by atoms with Crippen molar-refractivity contribution in [2.75, 3.05) is 25.5 Å². The number of nitrogens with zero attached hydrogens (tertiary/aromatic N) is 2. The predicted molar refractivity (Wildman–Crippen MR) is 120 cm³/mol. The first-order chi connectivity index (χ1) is 16.2. The van der Waals surface area contributed by atoms with Gasteiger partial charge in [-0.2, -0.15) is 4.98 Å². The molecule has 0 atom stereocenters. The Bertz CT molecular complexity index is 1120. The summed E-state index contributed by atoms with van der Waals surface area (Å²) in [7, 11) is 1.57. The molecule has 8 nitrogen and oxygen atoms in total. The van der Waals surface area contributed by atoms with Gasteiger partial charge in [0.05, 0.1) is 6.54 Å². The van der Waals surface area contributed by atoms with Crippen LogP contribution in [0.3, 0.4) is 0 Å². The third kappa shape index (κ3) is 6.78. The molecule has 0 saturated carbocycles. The Morgan fingerprint density at radius 2 is 1.88 bits per heavy atom. The van der Waals surface area contributed by atoms with Crippen LogP contribution in [0.4, 0.5) is 19.0 Å². The Kier molecular flexibility index (Phi) is 8.24. The summed E-state index contributed by atoms with van der Waals surface area (Å²) in [6.07, 6.45) is -4.49. The second-order valence-corrected chi connectivity index (χ2v) is 7.45. The predicted octanol–water partition coefficient (Wildman–Crippen LogP) is 4.43. The molecular weight excluding hydrogens is 477 g/mol. The minimum Gasteiger partial charge on any atom is -0.425 e. The lowest BCUT2D eigenvalue weighted by Crippen LogP contribution is -2.28.